The van der Waals surface area contributed by atoms with E-state index < -0.39 is 11.8 Å². The van der Waals surface area contributed by atoms with Crippen LogP contribution in [0.25, 0.3) is 0 Å². The summed E-state index contributed by atoms with van der Waals surface area (Å²) in [7, 11) is 0. The first-order valence-corrected chi connectivity index (χ1v) is 11.9. The number of hydrogen-bond donors (Lipinski definition) is 4. The second-order valence-corrected chi connectivity index (χ2v) is 9.97. The molecule has 4 N–H and O–H groups in total. The van der Waals surface area contributed by atoms with Crippen LogP contribution < -0.4 is 21.5 Å². The molecule has 7 nitrogen and oxygen atoms in total. The maximum absolute atomic E-state index is 12.5. The summed E-state index contributed by atoms with van der Waals surface area (Å²) in [6, 6.07) is 20.5. The number of halogens is 1. The van der Waals surface area contributed by atoms with Gasteiger partial charge in [-0.25, -0.2) is 0 Å². The van der Waals surface area contributed by atoms with Gasteiger partial charge in [-0.2, -0.15) is 0 Å². The molecule has 180 valence electrons. The van der Waals surface area contributed by atoms with Gasteiger partial charge in [0.05, 0.1) is 0 Å². The number of thiocarbonyl (C=S) groups is 1. The second kappa shape index (κ2) is 11.2. The van der Waals surface area contributed by atoms with Gasteiger partial charge in [0.1, 0.15) is 0 Å². The van der Waals surface area contributed by atoms with Gasteiger partial charge in [-0.15, -0.1) is 0 Å². The summed E-state index contributed by atoms with van der Waals surface area (Å²) in [5, 5.41) is 5.25. The van der Waals surface area contributed by atoms with E-state index in [2.05, 4.69) is 58.2 Å². The van der Waals surface area contributed by atoms with Gasteiger partial charge in [0.15, 0.2) is 5.11 Å². The Hall–Kier alpha value is -3.56. The van der Waals surface area contributed by atoms with Gasteiger partial charge in [-0.1, -0.05) is 61.0 Å². The summed E-state index contributed by atoms with van der Waals surface area (Å²) in [5.74, 6) is -1.11. The summed E-state index contributed by atoms with van der Waals surface area (Å²) in [6.07, 6.45) is 0. The third kappa shape index (κ3) is 7.21. The van der Waals surface area contributed by atoms with Crippen LogP contribution in [0.1, 0.15) is 57.4 Å². The van der Waals surface area contributed by atoms with E-state index in [9.17, 15) is 14.4 Å². The Bertz CT molecular complexity index is 1260. The van der Waals surface area contributed by atoms with Crippen molar-refractivity contribution >= 4 is 56.7 Å². The quantitative estimate of drug-likeness (QED) is 0.271. The first kappa shape index (κ1) is 26.1. The highest BCUT2D eigenvalue weighted by Gasteiger charge is 2.19. The Morgan fingerprint density at radius 2 is 1.34 bits per heavy atom. The number of benzene rings is 3. The van der Waals surface area contributed by atoms with E-state index >= 15 is 0 Å². The zero-order chi connectivity index (χ0) is 25.6. The fourth-order valence-corrected chi connectivity index (χ4v) is 4.27. The van der Waals surface area contributed by atoms with Gasteiger partial charge < -0.3 is 5.32 Å². The summed E-state index contributed by atoms with van der Waals surface area (Å²) >= 11 is 8.63. The van der Waals surface area contributed by atoms with Gasteiger partial charge in [0.25, 0.3) is 17.7 Å². The maximum Gasteiger partial charge on any atom is 0.269 e. The molecular formula is C26H25BrN4O3S. The molecule has 3 rings (SSSR count). The standard InChI is InChI=1S/C26H25BrN4O3S/c1-26(2,3)20-14-11-18(15-21(20)27)23(33)29-25(35)31-30-24(34)17-9-12-19(13-10-17)28-22(32)16-7-5-4-6-8-16/h4-15H,1-3H3,(H,28,32)(H,30,34)(H2,29,31,33,35). The van der Waals surface area contributed by atoms with Crippen LogP contribution in [0.4, 0.5) is 5.69 Å². The van der Waals surface area contributed by atoms with E-state index in [1.165, 1.54) is 0 Å². The molecule has 3 aromatic carbocycles. The van der Waals surface area contributed by atoms with Crippen molar-refractivity contribution < 1.29 is 14.4 Å². The van der Waals surface area contributed by atoms with Crippen molar-refractivity contribution in [3.63, 3.8) is 0 Å². The summed E-state index contributed by atoms with van der Waals surface area (Å²) in [4.78, 5) is 37.1. The van der Waals surface area contributed by atoms with Crippen molar-refractivity contribution in [1.82, 2.24) is 16.2 Å². The van der Waals surface area contributed by atoms with Gasteiger partial charge >= 0.3 is 0 Å². The average Bonchev–Trinajstić information content (AvgIpc) is 2.82. The lowest BCUT2D eigenvalue weighted by atomic mass is 9.86. The third-order valence-corrected chi connectivity index (χ3v) is 5.86. The number of carbonyl (C=O) groups excluding carboxylic acids is 3. The highest BCUT2D eigenvalue weighted by Crippen LogP contribution is 2.30. The predicted octanol–water partition coefficient (Wildman–Crippen LogP) is 4.95. The monoisotopic (exact) mass is 552 g/mol. The van der Waals surface area contributed by atoms with Crippen molar-refractivity contribution in [3.05, 3.63) is 99.5 Å². The normalized spacial score (nSPS) is 10.7. The SMILES string of the molecule is CC(C)(C)c1ccc(C(=O)NC(=S)NNC(=O)c2ccc(NC(=O)c3ccccc3)cc2)cc1Br. The van der Waals surface area contributed by atoms with Gasteiger partial charge in [-0.3, -0.25) is 30.6 Å². The lowest BCUT2D eigenvalue weighted by Crippen LogP contribution is -2.48. The maximum atomic E-state index is 12.5. The third-order valence-electron chi connectivity index (χ3n) is 5.00. The first-order chi connectivity index (χ1) is 16.5. The molecule has 35 heavy (non-hydrogen) atoms. The molecule has 0 aromatic heterocycles. The van der Waals surface area contributed by atoms with E-state index in [0.29, 0.717) is 22.4 Å². The van der Waals surface area contributed by atoms with E-state index in [4.69, 9.17) is 12.2 Å². The zero-order valence-electron chi connectivity index (χ0n) is 19.4. The Morgan fingerprint density at radius 1 is 0.743 bits per heavy atom. The molecule has 0 spiro atoms. The molecule has 0 radical (unpaired) electrons. The molecule has 0 unspecified atom stereocenters. The molecule has 0 aliphatic rings. The number of amides is 3. The number of anilines is 1. The number of hydrazine groups is 1. The van der Waals surface area contributed by atoms with Gasteiger partial charge in [-0.05, 0) is 71.7 Å². The highest BCUT2D eigenvalue weighted by atomic mass is 79.9. The van der Waals surface area contributed by atoms with Crippen LogP contribution in [0.2, 0.25) is 0 Å². The molecule has 0 aliphatic carbocycles. The van der Waals surface area contributed by atoms with Crippen LogP contribution in [-0.4, -0.2) is 22.8 Å². The molecule has 0 heterocycles. The predicted molar refractivity (Wildman–Crippen MR) is 144 cm³/mol. The fourth-order valence-electron chi connectivity index (χ4n) is 3.15. The molecule has 0 aliphatic heterocycles. The van der Waals surface area contributed by atoms with Crippen LogP contribution in [0.3, 0.4) is 0 Å². The molecule has 0 bridgehead atoms. The molecule has 0 fully saturated rings. The molecule has 0 atom stereocenters. The van der Waals surface area contributed by atoms with E-state index in [1.807, 2.05) is 12.1 Å². The zero-order valence-corrected chi connectivity index (χ0v) is 21.8. The van der Waals surface area contributed by atoms with E-state index in [-0.39, 0.29) is 16.4 Å². The molecule has 0 saturated carbocycles. The minimum atomic E-state index is -0.459. The molecule has 3 aromatic rings. The van der Waals surface area contributed by atoms with Crippen LogP contribution in [0.15, 0.2) is 77.3 Å². The lowest BCUT2D eigenvalue weighted by Gasteiger charge is -2.21. The van der Waals surface area contributed by atoms with Crippen LogP contribution in [0, 0.1) is 0 Å². The van der Waals surface area contributed by atoms with Crippen molar-refractivity contribution in [2.75, 3.05) is 5.32 Å². The molecular weight excluding hydrogens is 528 g/mol. The molecule has 9 heteroatoms. The highest BCUT2D eigenvalue weighted by molar-refractivity contribution is 9.10. The van der Waals surface area contributed by atoms with Crippen molar-refractivity contribution in [1.29, 1.82) is 0 Å². The topological polar surface area (TPSA) is 99.3 Å². The number of carbonyl (C=O) groups is 3. The number of hydrogen-bond acceptors (Lipinski definition) is 4. The van der Waals surface area contributed by atoms with E-state index in [0.717, 1.165) is 10.0 Å². The first-order valence-electron chi connectivity index (χ1n) is 10.7. The summed E-state index contributed by atoms with van der Waals surface area (Å²) in [6.45, 7) is 6.26. The average molecular weight is 553 g/mol. The van der Waals surface area contributed by atoms with Crippen LogP contribution >= 0.6 is 28.1 Å². The Labute approximate surface area is 217 Å². The Morgan fingerprint density at radius 3 is 1.94 bits per heavy atom. The Kier molecular flexibility index (Phi) is 8.37. The largest absolute Gasteiger partial charge is 0.322 e. The summed E-state index contributed by atoms with van der Waals surface area (Å²) < 4.78 is 0.827. The fraction of sp³-hybridized carbons (Fsp3) is 0.154. The smallest absolute Gasteiger partial charge is 0.269 e. The van der Waals surface area contributed by atoms with Crippen molar-refractivity contribution in [2.45, 2.75) is 26.2 Å². The van der Waals surface area contributed by atoms with E-state index in [1.54, 1.807) is 60.7 Å². The molecule has 3 amide bonds. The van der Waals surface area contributed by atoms with Gasteiger partial charge in [0.2, 0.25) is 0 Å². The Balaban J connectivity index is 1.51. The number of nitrogens with one attached hydrogen (secondary N) is 4. The summed E-state index contributed by atoms with van der Waals surface area (Å²) in [5.41, 5.74) is 7.82. The minimum Gasteiger partial charge on any atom is -0.322 e. The van der Waals surface area contributed by atoms with Crippen molar-refractivity contribution in [3.8, 4) is 0 Å². The molecule has 0 saturated heterocycles. The van der Waals surface area contributed by atoms with Crippen molar-refractivity contribution in [2.24, 2.45) is 0 Å². The van der Waals surface area contributed by atoms with Crippen LogP contribution in [0.5, 0.6) is 0 Å². The minimum absolute atomic E-state index is 0.0499. The number of rotatable bonds is 4. The van der Waals surface area contributed by atoms with Gasteiger partial charge in [0, 0.05) is 26.9 Å². The second-order valence-electron chi connectivity index (χ2n) is 8.70. The lowest BCUT2D eigenvalue weighted by molar-refractivity contribution is 0.0934. The van der Waals surface area contributed by atoms with Crippen LogP contribution in [-0.2, 0) is 5.41 Å².